The minimum absolute atomic E-state index is 0.103. The van der Waals surface area contributed by atoms with Gasteiger partial charge in [-0.1, -0.05) is 6.42 Å². The summed E-state index contributed by atoms with van der Waals surface area (Å²) in [4.78, 5) is 20.0. The molecule has 140 valence electrons. The summed E-state index contributed by atoms with van der Waals surface area (Å²) in [6.45, 7) is 4.73. The third-order valence-corrected chi connectivity index (χ3v) is 5.73. The number of amides is 1. The molecule has 4 heterocycles. The number of aromatic amines is 1. The molecule has 26 heavy (non-hydrogen) atoms. The third kappa shape index (κ3) is 3.53. The molecule has 0 aliphatic carbocycles. The van der Waals surface area contributed by atoms with Crippen molar-refractivity contribution in [1.29, 1.82) is 0 Å². The zero-order valence-corrected chi connectivity index (χ0v) is 15.5. The van der Waals surface area contributed by atoms with Gasteiger partial charge >= 0.3 is 0 Å². The molecule has 0 saturated carbocycles. The van der Waals surface area contributed by atoms with Gasteiger partial charge in [0.25, 0.3) is 5.91 Å². The summed E-state index contributed by atoms with van der Waals surface area (Å²) < 4.78 is 2.16. The van der Waals surface area contributed by atoms with Crippen LogP contribution in [0, 0.1) is 0 Å². The lowest BCUT2D eigenvalue weighted by atomic mass is 9.96. The standard InChI is InChI=1S/C19H28N6O/c1-23-17(14-24-9-3-2-4-10-24)21-22-18(23)16-6-5-11-25(13-16)19(26)15-7-8-20-12-15/h7-8,12,16,20H,2-6,9-11,13-14H2,1H3/t16-/m1/s1. The quantitative estimate of drug-likeness (QED) is 0.911. The highest BCUT2D eigenvalue weighted by Crippen LogP contribution is 2.27. The van der Waals surface area contributed by atoms with E-state index in [4.69, 9.17) is 0 Å². The molecule has 0 bridgehead atoms. The molecule has 2 aliphatic heterocycles. The van der Waals surface area contributed by atoms with E-state index in [2.05, 4.69) is 31.7 Å². The fourth-order valence-corrected chi connectivity index (χ4v) is 4.20. The Morgan fingerprint density at radius 3 is 2.81 bits per heavy atom. The van der Waals surface area contributed by atoms with Gasteiger partial charge in [-0.05, 0) is 44.8 Å². The molecule has 7 heteroatoms. The molecule has 1 atom stereocenters. The van der Waals surface area contributed by atoms with Crippen LogP contribution in [0.25, 0.3) is 0 Å². The minimum Gasteiger partial charge on any atom is -0.367 e. The number of nitrogens with zero attached hydrogens (tertiary/aromatic N) is 5. The molecule has 4 rings (SSSR count). The summed E-state index contributed by atoms with van der Waals surface area (Å²) in [5.74, 6) is 2.42. The van der Waals surface area contributed by atoms with Crippen LogP contribution in [0.3, 0.4) is 0 Å². The smallest absolute Gasteiger partial charge is 0.255 e. The number of nitrogens with one attached hydrogen (secondary N) is 1. The third-order valence-electron chi connectivity index (χ3n) is 5.73. The molecular weight excluding hydrogens is 328 g/mol. The maximum absolute atomic E-state index is 12.6. The minimum atomic E-state index is 0.103. The molecule has 1 N–H and O–H groups in total. The largest absolute Gasteiger partial charge is 0.367 e. The second-order valence-electron chi connectivity index (χ2n) is 7.56. The van der Waals surface area contributed by atoms with Gasteiger partial charge in [-0.15, -0.1) is 10.2 Å². The number of aromatic nitrogens is 4. The lowest BCUT2D eigenvalue weighted by Crippen LogP contribution is -2.39. The summed E-state index contributed by atoms with van der Waals surface area (Å²) in [6, 6.07) is 1.84. The van der Waals surface area contributed by atoms with Gasteiger partial charge in [-0.2, -0.15) is 0 Å². The van der Waals surface area contributed by atoms with Crippen molar-refractivity contribution in [2.75, 3.05) is 26.2 Å². The number of piperidine rings is 2. The summed E-state index contributed by atoms with van der Waals surface area (Å²) in [5, 5.41) is 8.97. The number of rotatable bonds is 4. The predicted octanol–water partition coefficient (Wildman–Crippen LogP) is 2.15. The van der Waals surface area contributed by atoms with Crippen LogP contribution in [0.5, 0.6) is 0 Å². The van der Waals surface area contributed by atoms with Crippen LogP contribution in [0.2, 0.25) is 0 Å². The summed E-state index contributed by atoms with van der Waals surface area (Å²) in [6.07, 6.45) is 9.54. The van der Waals surface area contributed by atoms with E-state index in [1.54, 1.807) is 12.4 Å². The van der Waals surface area contributed by atoms with E-state index >= 15 is 0 Å². The van der Waals surface area contributed by atoms with Gasteiger partial charge in [0.1, 0.15) is 11.6 Å². The molecule has 0 aromatic carbocycles. The van der Waals surface area contributed by atoms with Gasteiger partial charge in [0.05, 0.1) is 12.1 Å². The van der Waals surface area contributed by atoms with Crippen molar-refractivity contribution >= 4 is 5.91 Å². The first-order chi connectivity index (χ1) is 12.7. The molecule has 2 fully saturated rings. The zero-order valence-electron chi connectivity index (χ0n) is 15.5. The fraction of sp³-hybridized carbons (Fsp3) is 0.632. The van der Waals surface area contributed by atoms with Crippen LogP contribution < -0.4 is 0 Å². The summed E-state index contributed by atoms with van der Waals surface area (Å²) in [7, 11) is 2.07. The Hall–Kier alpha value is -2.15. The van der Waals surface area contributed by atoms with Gasteiger partial charge < -0.3 is 14.5 Å². The SMILES string of the molecule is Cn1c(CN2CCCCC2)nnc1[C@@H]1CCCN(C(=O)c2cc[nH]c2)C1. The highest BCUT2D eigenvalue weighted by molar-refractivity contribution is 5.94. The maximum Gasteiger partial charge on any atom is 0.255 e. The highest BCUT2D eigenvalue weighted by Gasteiger charge is 2.29. The van der Waals surface area contributed by atoms with E-state index in [9.17, 15) is 4.79 Å². The Balaban J connectivity index is 1.44. The fourth-order valence-electron chi connectivity index (χ4n) is 4.20. The maximum atomic E-state index is 12.6. The van der Waals surface area contributed by atoms with Gasteiger partial charge in [0.2, 0.25) is 0 Å². The van der Waals surface area contributed by atoms with E-state index in [0.29, 0.717) is 0 Å². The van der Waals surface area contributed by atoms with Gasteiger partial charge in [0, 0.05) is 38.4 Å². The second kappa shape index (κ2) is 7.61. The second-order valence-corrected chi connectivity index (χ2v) is 7.56. The summed E-state index contributed by atoms with van der Waals surface area (Å²) >= 11 is 0. The first-order valence-electron chi connectivity index (χ1n) is 9.75. The lowest BCUT2D eigenvalue weighted by Gasteiger charge is -2.32. The number of H-pyrrole nitrogens is 1. The Morgan fingerprint density at radius 1 is 1.19 bits per heavy atom. The van der Waals surface area contributed by atoms with E-state index in [-0.39, 0.29) is 11.8 Å². The van der Waals surface area contributed by atoms with E-state index < -0.39 is 0 Å². The first-order valence-corrected chi connectivity index (χ1v) is 9.75. The van der Waals surface area contributed by atoms with Crippen LogP contribution in [-0.4, -0.2) is 61.6 Å². The molecule has 2 saturated heterocycles. The van der Waals surface area contributed by atoms with E-state index in [1.807, 2.05) is 11.0 Å². The van der Waals surface area contributed by atoms with Crippen LogP contribution in [0.4, 0.5) is 0 Å². The molecule has 0 unspecified atom stereocenters. The molecular formula is C19H28N6O. The topological polar surface area (TPSA) is 70.1 Å². The summed E-state index contributed by atoms with van der Waals surface area (Å²) in [5.41, 5.74) is 0.731. The van der Waals surface area contributed by atoms with Crippen molar-refractivity contribution < 1.29 is 4.79 Å². The lowest BCUT2D eigenvalue weighted by molar-refractivity contribution is 0.0703. The van der Waals surface area contributed by atoms with Crippen molar-refractivity contribution in [3.8, 4) is 0 Å². The average Bonchev–Trinajstić information content (AvgIpc) is 3.33. The van der Waals surface area contributed by atoms with Gasteiger partial charge in [-0.25, -0.2) is 0 Å². The van der Waals surface area contributed by atoms with Crippen molar-refractivity contribution in [2.24, 2.45) is 7.05 Å². The van der Waals surface area contributed by atoms with E-state index in [0.717, 1.165) is 62.8 Å². The van der Waals surface area contributed by atoms with E-state index in [1.165, 1.54) is 19.3 Å². The van der Waals surface area contributed by atoms with Crippen LogP contribution in [0.15, 0.2) is 18.5 Å². The average molecular weight is 356 g/mol. The predicted molar refractivity (Wildman–Crippen MR) is 98.8 cm³/mol. The van der Waals surface area contributed by atoms with Crippen molar-refractivity contribution in [2.45, 2.75) is 44.6 Å². The molecule has 0 radical (unpaired) electrons. The van der Waals surface area contributed by atoms with Crippen molar-refractivity contribution in [1.82, 2.24) is 29.5 Å². The Kier molecular flexibility index (Phi) is 5.06. The number of carbonyl (C=O) groups is 1. The van der Waals surface area contributed by atoms with Crippen LogP contribution in [0.1, 0.15) is 60.0 Å². The molecule has 0 spiro atoms. The Morgan fingerprint density at radius 2 is 2.04 bits per heavy atom. The molecule has 2 aromatic heterocycles. The zero-order chi connectivity index (χ0) is 17.9. The first kappa shape index (κ1) is 17.3. The number of carbonyl (C=O) groups excluding carboxylic acids is 1. The number of hydrogen-bond acceptors (Lipinski definition) is 4. The molecule has 7 nitrogen and oxygen atoms in total. The number of hydrogen-bond donors (Lipinski definition) is 1. The molecule has 1 amide bonds. The molecule has 2 aliphatic rings. The highest BCUT2D eigenvalue weighted by atomic mass is 16.2. The van der Waals surface area contributed by atoms with Gasteiger partial charge in [-0.3, -0.25) is 9.69 Å². The Labute approximate surface area is 154 Å². The van der Waals surface area contributed by atoms with Gasteiger partial charge in [0.15, 0.2) is 0 Å². The van der Waals surface area contributed by atoms with Crippen molar-refractivity contribution in [3.05, 3.63) is 35.7 Å². The van der Waals surface area contributed by atoms with Crippen LogP contribution in [-0.2, 0) is 13.6 Å². The molecule has 2 aromatic rings. The normalized spacial score (nSPS) is 21.9. The van der Waals surface area contributed by atoms with Crippen LogP contribution >= 0.6 is 0 Å². The Bertz CT molecular complexity index is 731. The number of likely N-dealkylation sites (tertiary alicyclic amines) is 2. The monoisotopic (exact) mass is 356 g/mol. The van der Waals surface area contributed by atoms with Crippen molar-refractivity contribution in [3.63, 3.8) is 0 Å².